The summed E-state index contributed by atoms with van der Waals surface area (Å²) in [7, 11) is 0. The minimum atomic E-state index is -0.227. The molecule has 0 radical (unpaired) electrons. The molecule has 0 fully saturated rings. The van der Waals surface area contributed by atoms with Crippen LogP contribution in [0.4, 0.5) is 0 Å². The molecule has 1 amide bonds. The van der Waals surface area contributed by atoms with E-state index in [1.807, 2.05) is 24.4 Å². The van der Waals surface area contributed by atoms with Gasteiger partial charge in [-0.05, 0) is 31.2 Å². The van der Waals surface area contributed by atoms with Crippen LogP contribution in [-0.4, -0.2) is 28.6 Å². The molecule has 0 aliphatic heterocycles. The van der Waals surface area contributed by atoms with Crippen molar-refractivity contribution in [2.75, 3.05) is 6.61 Å². The van der Waals surface area contributed by atoms with Gasteiger partial charge >= 0.3 is 0 Å². The molecule has 1 atom stereocenters. The zero-order valence-electron chi connectivity index (χ0n) is 9.03. The van der Waals surface area contributed by atoms with E-state index in [9.17, 15) is 4.79 Å². The van der Waals surface area contributed by atoms with Gasteiger partial charge in [0.15, 0.2) is 0 Å². The van der Waals surface area contributed by atoms with Crippen LogP contribution in [0.15, 0.2) is 30.5 Å². The van der Waals surface area contributed by atoms with Crippen LogP contribution in [0.2, 0.25) is 0 Å². The lowest BCUT2D eigenvalue weighted by Gasteiger charge is -2.10. The number of H-pyrrole nitrogens is 1. The number of aromatic nitrogens is 1. The Morgan fingerprint density at radius 3 is 3.06 bits per heavy atom. The molecular formula is C12H14N2O2. The number of amides is 1. The van der Waals surface area contributed by atoms with E-state index >= 15 is 0 Å². The van der Waals surface area contributed by atoms with Crippen LogP contribution >= 0.6 is 0 Å². The van der Waals surface area contributed by atoms with E-state index in [-0.39, 0.29) is 18.6 Å². The molecule has 2 aromatic rings. The molecule has 0 bridgehead atoms. The average Bonchev–Trinajstić information content (AvgIpc) is 2.75. The number of rotatable bonds is 3. The summed E-state index contributed by atoms with van der Waals surface area (Å²) in [5, 5.41) is 12.6. The van der Waals surface area contributed by atoms with E-state index in [4.69, 9.17) is 5.11 Å². The van der Waals surface area contributed by atoms with Crippen LogP contribution in [0.25, 0.3) is 10.9 Å². The topological polar surface area (TPSA) is 65.1 Å². The van der Waals surface area contributed by atoms with Crippen molar-refractivity contribution < 1.29 is 9.90 Å². The molecule has 2 rings (SSSR count). The molecule has 0 spiro atoms. The molecule has 3 N–H and O–H groups in total. The summed E-state index contributed by atoms with van der Waals surface area (Å²) in [6.07, 6.45) is 1.84. The molecule has 4 heteroatoms. The lowest BCUT2D eigenvalue weighted by Crippen LogP contribution is -2.34. The zero-order chi connectivity index (χ0) is 11.5. The molecule has 84 valence electrons. The number of aromatic amines is 1. The second kappa shape index (κ2) is 4.37. The average molecular weight is 218 g/mol. The standard InChI is InChI=1S/C12H14N2O2/c1-8(7-15)14-12(16)10-2-3-11-9(6-10)4-5-13-11/h2-6,8,13,15H,7H2,1H3,(H,14,16)/t8-/m1/s1. The molecule has 1 aromatic heterocycles. The van der Waals surface area contributed by atoms with Gasteiger partial charge in [0.05, 0.1) is 6.61 Å². The summed E-state index contributed by atoms with van der Waals surface area (Å²) in [5.74, 6) is -0.162. The largest absolute Gasteiger partial charge is 0.394 e. The molecule has 0 saturated heterocycles. The second-order valence-corrected chi connectivity index (χ2v) is 3.84. The fraction of sp³-hybridized carbons (Fsp3) is 0.250. The van der Waals surface area contributed by atoms with E-state index < -0.39 is 0 Å². The van der Waals surface area contributed by atoms with E-state index in [1.54, 1.807) is 13.0 Å². The molecule has 0 unspecified atom stereocenters. The van der Waals surface area contributed by atoms with Gasteiger partial charge in [-0.1, -0.05) is 0 Å². The third-order valence-corrected chi connectivity index (χ3v) is 2.47. The van der Waals surface area contributed by atoms with Gasteiger partial charge in [0.1, 0.15) is 0 Å². The van der Waals surface area contributed by atoms with Gasteiger partial charge in [-0.3, -0.25) is 4.79 Å². The highest BCUT2D eigenvalue weighted by Crippen LogP contribution is 2.14. The normalized spacial score (nSPS) is 12.6. The van der Waals surface area contributed by atoms with Crippen molar-refractivity contribution in [2.24, 2.45) is 0 Å². The van der Waals surface area contributed by atoms with E-state index in [1.165, 1.54) is 0 Å². The SMILES string of the molecule is C[C@H](CO)NC(=O)c1ccc2[nH]ccc2c1. The Hall–Kier alpha value is -1.81. The van der Waals surface area contributed by atoms with Crippen LogP contribution in [-0.2, 0) is 0 Å². The first kappa shape index (κ1) is 10.7. The van der Waals surface area contributed by atoms with E-state index in [0.29, 0.717) is 5.56 Å². The number of benzene rings is 1. The molecule has 4 nitrogen and oxygen atoms in total. The molecule has 0 saturated carbocycles. The molecule has 1 heterocycles. The fourth-order valence-corrected chi connectivity index (χ4v) is 1.55. The van der Waals surface area contributed by atoms with Crippen LogP contribution in [0.3, 0.4) is 0 Å². The maximum Gasteiger partial charge on any atom is 0.251 e. The van der Waals surface area contributed by atoms with Crippen molar-refractivity contribution in [1.82, 2.24) is 10.3 Å². The smallest absolute Gasteiger partial charge is 0.251 e. The Kier molecular flexibility index (Phi) is 2.92. The predicted octanol–water partition coefficient (Wildman–Crippen LogP) is 1.28. The van der Waals surface area contributed by atoms with Crippen LogP contribution in [0.5, 0.6) is 0 Å². The maximum atomic E-state index is 11.7. The van der Waals surface area contributed by atoms with Gasteiger partial charge < -0.3 is 15.4 Å². The minimum absolute atomic E-state index is 0.0574. The number of nitrogens with one attached hydrogen (secondary N) is 2. The van der Waals surface area contributed by atoms with Gasteiger partial charge in [-0.25, -0.2) is 0 Å². The summed E-state index contributed by atoms with van der Waals surface area (Å²) in [5.41, 5.74) is 1.61. The summed E-state index contributed by atoms with van der Waals surface area (Å²) in [6.45, 7) is 1.70. The first-order chi connectivity index (χ1) is 7.70. The van der Waals surface area contributed by atoms with E-state index in [2.05, 4.69) is 10.3 Å². The first-order valence-electron chi connectivity index (χ1n) is 5.19. The number of aliphatic hydroxyl groups excluding tert-OH is 1. The van der Waals surface area contributed by atoms with Crippen LogP contribution in [0, 0.1) is 0 Å². The highest BCUT2D eigenvalue weighted by molar-refractivity contribution is 5.98. The number of aliphatic hydroxyl groups is 1. The first-order valence-corrected chi connectivity index (χ1v) is 5.19. The Morgan fingerprint density at radius 2 is 2.31 bits per heavy atom. The van der Waals surface area contributed by atoms with Gasteiger partial charge in [0, 0.05) is 28.7 Å². The minimum Gasteiger partial charge on any atom is -0.394 e. The van der Waals surface area contributed by atoms with E-state index in [0.717, 1.165) is 10.9 Å². The third-order valence-electron chi connectivity index (χ3n) is 2.47. The Labute approximate surface area is 93.3 Å². The Morgan fingerprint density at radius 1 is 1.50 bits per heavy atom. The number of carbonyl (C=O) groups excluding carboxylic acids is 1. The fourth-order valence-electron chi connectivity index (χ4n) is 1.55. The van der Waals surface area contributed by atoms with Crippen molar-refractivity contribution in [2.45, 2.75) is 13.0 Å². The van der Waals surface area contributed by atoms with Gasteiger partial charge in [0.25, 0.3) is 5.91 Å². The summed E-state index contributed by atoms with van der Waals surface area (Å²) >= 11 is 0. The van der Waals surface area contributed by atoms with Crippen LogP contribution in [0.1, 0.15) is 17.3 Å². The summed E-state index contributed by atoms with van der Waals surface area (Å²) in [6, 6.07) is 7.15. The summed E-state index contributed by atoms with van der Waals surface area (Å²) < 4.78 is 0. The molecule has 16 heavy (non-hydrogen) atoms. The molecule has 0 aliphatic carbocycles. The molecular weight excluding hydrogens is 204 g/mol. The second-order valence-electron chi connectivity index (χ2n) is 3.84. The quantitative estimate of drug-likeness (QED) is 0.726. The molecule has 1 aromatic carbocycles. The van der Waals surface area contributed by atoms with Crippen LogP contribution < -0.4 is 5.32 Å². The van der Waals surface area contributed by atoms with Gasteiger partial charge in [-0.15, -0.1) is 0 Å². The lowest BCUT2D eigenvalue weighted by molar-refractivity contribution is 0.0922. The molecule has 0 aliphatic rings. The number of carbonyl (C=O) groups is 1. The highest BCUT2D eigenvalue weighted by Gasteiger charge is 2.09. The number of hydrogen-bond donors (Lipinski definition) is 3. The number of fused-ring (bicyclic) bond motifs is 1. The van der Waals surface area contributed by atoms with Crippen molar-refractivity contribution in [3.8, 4) is 0 Å². The van der Waals surface area contributed by atoms with Crippen molar-refractivity contribution in [3.05, 3.63) is 36.0 Å². The third kappa shape index (κ3) is 2.06. The Bertz CT molecular complexity index is 504. The maximum absolute atomic E-state index is 11.7. The zero-order valence-corrected chi connectivity index (χ0v) is 9.03. The van der Waals surface area contributed by atoms with Gasteiger partial charge in [-0.2, -0.15) is 0 Å². The number of hydrogen-bond acceptors (Lipinski definition) is 2. The monoisotopic (exact) mass is 218 g/mol. The Balaban J connectivity index is 2.22. The highest BCUT2D eigenvalue weighted by atomic mass is 16.3. The lowest BCUT2D eigenvalue weighted by atomic mass is 10.1. The predicted molar refractivity (Wildman–Crippen MR) is 62.3 cm³/mol. The van der Waals surface area contributed by atoms with Gasteiger partial charge in [0.2, 0.25) is 0 Å². The van der Waals surface area contributed by atoms with Crippen molar-refractivity contribution in [3.63, 3.8) is 0 Å². The van der Waals surface area contributed by atoms with Crippen molar-refractivity contribution >= 4 is 16.8 Å². The summed E-state index contributed by atoms with van der Waals surface area (Å²) in [4.78, 5) is 14.8. The van der Waals surface area contributed by atoms with Crippen molar-refractivity contribution in [1.29, 1.82) is 0 Å².